The van der Waals surface area contributed by atoms with Gasteiger partial charge in [-0.15, -0.1) is 0 Å². The molecule has 2 fully saturated rings. The van der Waals surface area contributed by atoms with E-state index in [2.05, 4.69) is 19.1 Å². The molecule has 12 heavy (non-hydrogen) atoms. The van der Waals surface area contributed by atoms with Gasteiger partial charge in [-0.3, -0.25) is 0 Å². The zero-order chi connectivity index (χ0) is 8.66. The van der Waals surface area contributed by atoms with Crippen LogP contribution in [0.5, 0.6) is 0 Å². The molecule has 2 aliphatic rings. The lowest BCUT2D eigenvalue weighted by Crippen LogP contribution is -2.32. The van der Waals surface area contributed by atoms with Crippen LogP contribution in [0.1, 0.15) is 45.4 Å². The van der Waals surface area contributed by atoms with Gasteiger partial charge in [0.1, 0.15) is 0 Å². The summed E-state index contributed by atoms with van der Waals surface area (Å²) in [6.45, 7) is 2.22. The first-order valence-electron chi connectivity index (χ1n) is 5.19. The van der Waals surface area contributed by atoms with Crippen LogP contribution in [0.2, 0.25) is 0 Å². The second kappa shape index (κ2) is 2.59. The van der Waals surface area contributed by atoms with Crippen molar-refractivity contribution in [2.45, 2.75) is 51.0 Å². The summed E-state index contributed by atoms with van der Waals surface area (Å²) in [6.07, 6.45) is 12.4. The summed E-state index contributed by atoms with van der Waals surface area (Å²) in [5, 5.41) is 0. The van der Waals surface area contributed by atoms with Gasteiger partial charge in [-0.1, -0.05) is 25.5 Å². The zero-order valence-electron chi connectivity index (χ0n) is 7.97. The molecule has 0 unspecified atom stereocenters. The number of allylic oxidation sites excluding steroid dienone is 1. The van der Waals surface area contributed by atoms with Gasteiger partial charge in [0, 0.05) is 11.0 Å². The minimum Gasteiger partial charge on any atom is -0.324 e. The quantitative estimate of drug-likeness (QED) is 0.637. The molecule has 0 heterocycles. The Balaban J connectivity index is 1.94. The van der Waals surface area contributed by atoms with Crippen LogP contribution >= 0.6 is 0 Å². The fourth-order valence-electron chi connectivity index (χ4n) is 2.07. The maximum atomic E-state index is 6.22. The van der Waals surface area contributed by atoms with E-state index < -0.39 is 0 Å². The SMILES string of the molecule is CCC/C=C/C1(C2(N)CC2)CC1. The molecule has 2 rings (SSSR count). The van der Waals surface area contributed by atoms with E-state index in [4.69, 9.17) is 5.73 Å². The van der Waals surface area contributed by atoms with Crippen LogP contribution in [0.4, 0.5) is 0 Å². The minimum atomic E-state index is 0.219. The summed E-state index contributed by atoms with van der Waals surface area (Å²) in [7, 11) is 0. The lowest BCUT2D eigenvalue weighted by Gasteiger charge is -2.18. The molecule has 0 aromatic carbocycles. The second-order valence-electron chi connectivity index (χ2n) is 4.50. The molecule has 2 saturated carbocycles. The van der Waals surface area contributed by atoms with E-state index >= 15 is 0 Å². The summed E-state index contributed by atoms with van der Waals surface area (Å²) in [5.74, 6) is 0. The van der Waals surface area contributed by atoms with Crippen molar-refractivity contribution >= 4 is 0 Å². The van der Waals surface area contributed by atoms with E-state index in [0.717, 1.165) is 0 Å². The van der Waals surface area contributed by atoms with Gasteiger partial charge in [-0.05, 0) is 32.1 Å². The molecule has 0 amide bonds. The lowest BCUT2D eigenvalue weighted by atomic mass is 9.93. The highest BCUT2D eigenvalue weighted by molar-refractivity contribution is 5.26. The third kappa shape index (κ3) is 1.20. The van der Waals surface area contributed by atoms with Crippen molar-refractivity contribution in [3.63, 3.8) is 0 Å². The predicted molar refractivity (Wildman–Crippen MR) is 51.9 cm³/mol. The van der Waals surface area contributed by atoms with Gasteiger partial charge in [-0.2, -0.15) is 0 Å². The average molecular weight is 165 g/mol. The van der Waals surface area contributed by atoms with Crippen LogP contribution in [0.3, 0.4) is 0 Å². The van der Waals surface area contributed by atoms with Crippen LogP contribution in [0, 0.1) is 5.41 Å². The Morgan fingerprint density at radius 2 is 1.92 bits per heavy atom. The molecule has 68 valence electrons. The van der Waals surface area contributed by atoms with E-state index in [1.54, 1.807) is 0 Å². The Hall–Kier alpha value is -0.300. The molecular weight excluding hydrogens is 146 g/mol. The normalized spacial score (nSPS) is 29.2. The molecule has 1 heteroatoms. The molecule has 2 N–H and O–H groups in total. The smallest absolute Gasteiger partial charge is 0.0247 e. The number of unbranched alkanes of at least 4 members (excludes halogenated alkanes) is 1. The van der Waals surface area contributed by atoms with Crippen LogP contribution < -0.4 is 5.73 Å². The molecule has 2 aliphatic carbocycles. The van der Waals surface area contributed by atoms with Gasteiger partial charge in [0.2, 0.25) is 0 Å². The molecule has 0 aliphatic heterocycles. The predicted octanol–water partition coefficient (Wildman–Crippen LogP) is 2.61. The summed E-state index contributed by atoms with van der Waals surface area (Å²) < 4.78 is 0. The van der Waals surface area contributed by atoms with Crippen molar-refractivity contribution in [2.24, 2.45) is 11.1 Å². The third-order valence-electron chi connectivity index (χ3n) is 3.46. The van der Waals surface area contributed by atoms with Gasteiger partial charge in [0.25, 0.3) is 0 Å². The summed E-state index contributed by atoms with van der Waals surface area (Å²) in [4.78, 5) is 0. The number of rotatable bonds is 4. The molecule has 0 saturated heterocycles. The second-order valence-corrected chi connectivity index (χ2v) is 4.50. The van der Waals surface area contributed by atoms with Crippen molar-refractivity contribution in [3.8, 4) is 0 Å². The molecule has 0 aromatic rings. The Labute approximate surface area is 75.0 Å². The fraction of sp³-hybridized carbons (Fsp3) is 0.818. The van der Waals surface area contributed by atoms with Gasteiger partial charge in [0.05, 0.1) is 0 Å². The molecular formula is C11H19N. The number of nitrogens with two attached hydrogens (primary N) is 1. The first-order chi connectivity index (χ1) is 5.72. The third-order valence-corrected chi connectivity index (χ3v) is 3.46. The molecule has 0 aromatic heterocycles. The Morgan fingerprint density at radius 1 is 1.25 bits per heavy atom. The van der Waals surface area contributed by atoms with E-state index in [1.807, 2.05) is 0 Å². The van der Waals surface area contributed by atoms with Crippen molar-refractivity contribution in [3.05, 3.63) is 12.2 Å². The monoisotopic (exact) mass is 165 g/mol. The number of hydrogen-bond donors (Lipinski definition) is 1. The van der Waals surface area contributed by atoms with Crippen LogP contribution in [0.25, 0.3) is 0 Å². The van der Waals surface area contributed by atoms with Crippen molar-refractivity contribution in [1.29, 1.82) is 0 Å². The van der Waals surface area contributed by atoms with Gasteiger partial charge in [-0.25, -0.2) is 0 Å². The molecule has 0 spiro atoms. The summed E-state index contributed by atoms with van der Waals surface area (Å²) in [5.41, 5.74) is 6.88. The highest BCUT2D eigenvalue weighted by Crippen LogP contribution is 2.63. The van der Waals surface area contributed by atoms with E-state index in [1.165, 1.54) is 38.5 Å². The maximum Gasteiger partial charge on any atom is 0.0247 e. The largest absolute Gasteiger partial charge is 0.324 e. The van der Waals surface area contributed by atoms with Crippen molar-refractivity contribution in [1.82, 2.24) is 0 Å². The van der Waals surface area contributed by atoms with Crippen LogP contribution in [0.15, 0.2) is 12.2 Å². The fourth-order valence-corrected chi connectivity index (χ4v) is 2.07. The van der Waals surface area contributed by atoms with Crippen LogP contribution in [-0.2, 0) is 0 Å². The topological polar surface area (TPSA) is 26.0 Å². The average Bonchev–Trinajstić information content (AvgIpc) is 2.88. The Morgan fingerprint density at radius 3 is 2.33 bits per heavy atom. The Kier molecular flexibility index (Phi) is 1.80. The van der Waals surface area contributed by atoms with Crippen LogP contribution in [-0.4, -0.2) is 5.54 Å². The molecule has 0 radical (unpaired) electrons. The standard InChI is InChI=1S/C11H19N/c1-2-3-4-5-10(6-7-10)11(12)8-9-11/h4-5H,2-3,6-9,12H2,1H3/b5-4+. The number of hydrogen-bond acceptors (Lipinski definition) is 1. The summed E-state index contributed by atoms with van der Waals surface area (Å²) >= 11 is 0. The molecule has 0 bridgehead atoms. The molecule has 1 nitrogen and oxygen atoms in total. The lowest BCUT2D eigenvalue weighted by molar-refractivity contribution is 0.468. The van der Waals surface area contributed by atoms with Crippen molar-refractivity contribution < 1.29 is 0 Å². The first kappa shape index (κ1) is 8.31. The van der Waals surface area contributed by atoms with E-state index in [0.29, 0.717) is 5.41 Å². The highest BCUT2D eigenvalue weighted by atomic mass is 14.9. The minimum absolute atomic E-state index is 0.219. The van der Waals surface area contributed by atoms with E-state index in [-0.39, 0.29) is 5.54 Å². The first-order valence-corrected chi connectivity index (χ1v) is 5.19. The van der Waals surface area contributed by atoms with Gasteiger partial charge < -0.3 is 5.73 Å². The molecule has 0 atom stereocenters. The van der Waals surface area contributed by atoms with Crippen molar-refractivity contribution in [2.75, 3.05) is 0 Å². The van der Waals surface area contributed by atoms with E-state index in [9.17, 15) is 0 Å². The van der Waals surface area contributed by atoms with Gasteiger partial charge >= 0.3 is 0 Å². The van der Waals surface area contributed by atoms with Gasteiger partial charge in [0.15, 0.2) is 0 Å². The Bertz CT molecular complexity index is 197. The highest BCUT2D eigenvalue weighted by Gasteiger charge is 2.61. The zero-order valence-corrected chi connectivity index (χ0v) is 7.97. The maximum absolute atomic E-state index is 6.22. The summed E-state index contributed by atoms with van der Waals surface area (Å²) in [6, 6.07) is 0.